The van der Waals surface area contributed by atoms with E-state index >= 15 is 0 Å². The van der Waals surface area contributed by atoms with Crippen molar-refractivity contribution in [1.29, 1.82) is 0 Å². The predicted molar refractivity (Wildman–Crippen MR) is 87.5 cm³/mol. The van der Waals surface area contributed by atoms with Crippen LogP contribution < -0.4 is 5.32 Å². The van der Waals surface area contributed by atoms with E-state index in [0.29, 0.717) is 6.54 Å². The number of carboxylic acid groups (broad SMARTS) is 1. The molecule has 0 saturated heterocycles. The molecule has 0 fully saturated rings. The monoisotopic (exact) mass is 347 g/mol. The minimum atomic E-state index is -0.914. The van der Waals surface area contributed by atoms with Crippen molar-refractivity contribution < 1.29 is 9.90 Å². The van der Waals surface area contributed by atoms with Gasteiger partial charge < -0.3 is 10.4 Å². The molecule has 2 aromatic carbocycles. The Balaban J connectivity index is 2.04. The van der Waals surface area contributed by atoms with Crippen molar-refractivity contribution in [2.75, 3.05) is 0 Å². The van der Waals surface area contributed by atoms with Gasteiger partial charge in [-0.25, -0.2) is 4.79 Å². The Kier molecular flexibility index (Phi) is 5.15. The van der Waals surface area contributed by atoms with Crippen LogP contribution in [0.1, 0.15) is 40.0 Å². The summed E-state index contributed by atoms with van der Waals surface area (Å²) in [7, 11) is 0. The molecule has 0 aromatic heterocycles. The molecule has 0 bridgehead atoms. The van der Waals surface area contributed by atoms with E-state index in [4.69, 9.17) is 5.11 Å². The molecule has 4 heteroatoms. The lowest BCUT2D eigenvalue weighted by Crippen LogP contribution is -2.18. The molecule has 21 heavy (non-hydrogen) atoms. The summed E-state index contributed by atoms with van der Waals surface area (Å²) in [5.41, 5.74) is 3.82. The normalized spacial score (nSPS) is 12.1. The van der Waals surface area contributed by atoms with Crippen molar-refractivity contribution in [2.24, 2.45) is 0 Å². The second-order valence-corrected chi connectivity index (χ2v) is 5.98. The van der Waals surface area contributed by atoms with Crippen molar-refractivity contribution in [3.05, 3.63) is 69.2 Å². The highest BCUT2D eigenvalue weighted by molar-refractivity contribution is 9.10. The van der Waals surface area contributed by atoms with Crippen molar-refractivity contribution >= 4 is 21.9 Å². The Bertz CT molecular complexity index is 655. The number of hydrogen-bond acceptors (Lipinski definition) is 2. The summed E-state index contributed by atoms with van der Waals surface area (Å²) in [5, 5.41) is 12.4. The average Bonchev–Trinajstić information content (AvgIpc) is 2.45. The highest BCUT2D eigenvalue weighted by Crippen LogP contribution is 2.20. The molecule has 0 aliphatic carbocycles. The van der Waals surface area contributed by atoms with Crippen LogP contribution in [0.25, 0.3) is 0 Å². The van der Waals surface area contributed by atoms with E-state index in [1.807, 2.05) is 6.07 Å². The third-order valence-electron chi connectivity index (χ3n) is 3.44. The van der Waals surface area contributed by atoms with Gasteiger partial charge in [-0.05, 0) is 37.1 Å². The third-order valence-corrected chi connectivity index (χ3v) is 4.18. The lowest BCUT2D eigenvalue weighted by Gasteiger charge is -2.16. The molecule has 0 saturated carbocycles. The van der Waals surface area contributed by atoms with Crippen LogP contribution >= 0.6 is 15.9 Å². The minimum Gasteiger partial charge on any atom is -0.478 e. The van der Waals surface area contributed by atoms with Gasteiger partial charge in [0.1, 0.15) is 0 Å². The summed E-state index contributed by atoms with van der Waals surface area (Å²) in [6, 6.07) is 13.7. The fourth-order valence-electron chi connectivity index (χ4n) is 2.14. The molecule has 1 atom stereocenters. The fourth-order valence-corrected chi connectivity index (χ4v) is 2.66. The molecule has 0 radical (unpaired) electrons. The Morgan fingerprint density at radius 1 is 1.29 bits per heavy atom. The van der Waals surface area contributed by atoms with E-state index in [1.54, 1.807) is 12.1 Å². The standard InChI is InChI=1S/C17H18BrNO2/c1-11-4-3-5-13(8-11)12(2)19-10-15-7-6-14(17(20)21)9-16(15)18/h3-9,12,19H,10H2,1-2H3,(H,20,21)/t12-/m1/s1. The van der Waals surface area contributed by atoms with Gasteiger partial charge >= 0.3 is 5.97 Å². The molecule has 2 rings (SSSR count). The maximum atomic E-state index is 10.9. The molecular formula is C17H18BrNO2. The second kappa shape index (κ2) is 6.87. The molecule has 0 unspecified atom stereocenters. The van der Waals surface area contributed by atoms with Crippen molar-refractivity contribution in [3.8, 4) is 0 Å². The van der Waals surface area contributed by atoms with Crippen LogP contribution in [-0.2, 0) is 6.54 Å². The number of rotatable bonds is 5. The van der Waals surface area contributed by atoms with Gasteiger partial charge in [0.05, 0.1) is 5.56 Å². The molecular weight excluding hydrogens is 330 g/mol. The minimum absolute atomic E-state index is 0.232. The highest BCUT2D eigenvalue weighted by Gasteiger charge is 2.09. The van der Waals surface area contributed by atoms with E-state index in [-0.39, 0.29) is 11.6 Å². The van der Waals surface area contributed by atoms with E-state index in [9.17, 15) is 4.79 Å². The smallest absolute Gasteiger partial charge is 0.335 e. The van der Waals surface area contributed by atoms with Gasteiger partial charge in [0.2, 0.25) is 0 Å². The lowest BCUT2D eigenvalue weighted by molar-refractivity contribution is 0.0697. The SMILES string of the molecule is Cc1cccc([C@@H](C)NCc2ccc(C(=O)O)cc2Br)c1. The van der Waals surface area contributed by atoms with Gasteiger partial charge in [0.25, 0.3) is 0 Å². The molecule has 0 amide bonds. The van der Waals surface area contributed by atoms with Gasteiger partial charge in [0, 0.05) is 17.1 Å². The van der Waals surface area contributed by atoms with Gasteiger partial charge in [0.15, 0.2) is 0 Å². The fraction of sp³-hybridized carbons (Fsp3) is 0.235. The van der Waals surface area contributed by atoms with Gasteiger partial charge in [-0.15, -0.1) is 0 Å². The number of aromatic carboxylic acids is 1. The van der Waals surface area contributed by atoms with Crippen LogP contribution in [0.15, 0.2) is 46.9 Å². The molecule has 0 spiro atoms. The molecule has 2 aromatic rings. The summed E-state index contributed by atoms with van der Waals surface area (Å²) >= 11 is 3.43. The number of halogens is 1. The van der Waals surface area contributed by atoms with Crippen molar-refractivity contribution in [3.63, 3.8) is 0 Å². The second-order valence-electron chi connectivity index (χ2n) is 5.13. The van der Waals surface area contributed by atoms with Crippen molar-refractivity contribution in [2.45, 2.75) is 26.4 Å². The quantitative estimate of drug-likeness (QED) is 0.847. The first kappa shape index (κ1) is 15.7. The number of hydrogen-bond donors (Lipinski definition) is 2. The first-order chi connectivity index (χ1) is 9.97. The van der Waals surface area contributed by atoms with Crippen LogP contribution in [0.3, 0.4) is 0 Å². The Hall–Kier alpha value is -1.65. The number of benzene rings is 2. The first-order valence-corrected chi connectivity index (χ1v) is 7.58. The Morgan fingerprint density at radius 2 is 2.05 bits per heavy atom. The first-order valence-electron chi connectivity index (χ1n) is 6.79. The summed E-state index contributed by atoms with van der Waals surface area (Å²) in [5.74, 6) is -0.914. The van der Waals surface area contributed by atoms with Crippen molar-refractivity contribution in [1.82, 2.24) is 5.32 Å². The van der Waals surface area contributed by atoms with Gasteiger partial charge in [-0.2, -0.15) is 0 Å². The zero-order valence-corrected chi connectivity index (χ0v) is 13.6. The van der Waals surface area contributed by atoms with Gasteiger partial charge in [-0.3, -0.25) is 0 Å². The number of carboxylic acids is 1. The van der Waals surface area contributed by atoms with E-state index < -0.39 is 5.97 Å². The maximum absolute atomic E-state index is 10.9. The summed E-state index contributed by atoms with van der Waals surface area (Å²) in [4.78, 5) is 10.9. The molecule has 2 N–H and O–H groups in total. The van der Waals surface area contributed by atoms with Crippen LogP contribution in [-0.4, -0.2) is 11.1 Å². The zero-order valence-electron chi connectivity index (χ0n) is 12.1. The lowest BCUT2D eigenvalue weighted by atomic mass is 10.1. The summed E-state index contributed by atoms with van der Waals surface area (Å²) in [6.45, 7) is 4.88. The molecule has 0 heterocycles. The highest BCUT2D eigenvalue weighted by atomic mass is 79.9. The molecule has 110 valence electrons. The number of aryl methyl sites for hydroxylation is 1. The summed E-state index contributed by atoms with van der Waals surface area (Å²) in [6.07, 6.45) is 0. The van der Waals surface area contributed by atoms with E-state index in [2.05, 4.69) is 59.4 Å². The van der Waals surface area contributed by atoms with Gasteiger partial charge in [-0.1, -0.05) is 51.8 Å². The van der Waals surface area contributed by atoms with E-state index in [1.165, 1.54) is 11.1 Å². The number of nitrogens with one attached hydrogen (secondary N) is 1. The maximum Gasteiger partial charge on any atom is 0.335 e. The van der Waals surface area contributed by atoms with E-state index in [0.717, 1.165) is 10.0 Å². The largest absolute Gasteiger partial charge is 0.478 e. The van der Waals surface area contributed by atoms with Crippen LogP contribution in [0.5, 0.6) is 0 Å². The predicted octanol–water partition coefficient (Wildman–Crippen LogP) is 4.31. The number of carbonyl (C=O) groups is 1. The average molecular weight is 348 g/mol. The van der Waals surface area contributed by atoms with Crippen LogP contribution in [0.4, 0.5) is 0 Å². The third kappa shape index (κ3) is 4.16. The molecule has 3 nitrogen and oxygen atoms in total. The van der Waals surface area contributed by atoms with Crippen LogP contribution in [0, 0.1) is 6.92 Å². The Morgan fingerprint density at radius 3 is 2.67 bits per heavy atom. The van der Waals surface area contributed by atoms with Crippen LogP contribution in [0.2, 0.25) is 0 Å². The Labute approximate surface area is 133 Å². The zero-order chi connectivity index (χ0) is 15.4. The molecule has 0 aliphatic heterocycles. The molecule has 0 aliphatic rings. The topological polar surface area (TPSA) is 49.3 Å². The summed E-state index contributed by atoms with van der Waals surface area (Å²) < 4.78 is 0.811.